The number of carboxylic acids is 1. The molecule has 0 aliphatic heterocycles. The van der Waals surface area contributed by atoms with Gasteiger partial charge in [-0.05, 0) is 63.5 Å². The maximum Gasteiger partial charge on any atom is 0.303 e. The Morgan fingerprint density at radius 3 is 1.72 bits per heavy atom. The molecule has 0 aromatic carbocycles. The van der Waals surface area contributed by atoms with Gasteiger partial charge in [-0.25, -0.2) is 0 Å². The lowest BCUT2D eigenvalue weighted by molar-refractivity contribution is -0.137. The van der Waals surface area contributed by atoms with Crippen LogP contribution in [-0.4, -0.2) is 66.5 Å². The number of aliphatic carboxylic acids is 1. The highest BCUT2D eigenvalue weighted by atomic mass is 32.2. The number of carboxylic acid groups (broad SMARTS) is 1. The molecule has 1 atom stereocenters. The number of carbonyl (C=O) groups excluding carboxylic acids is 3. The van der Waals surface area contributed by atoms with Gasteiger partial charge in [0.25, 0.3) is 0 Å². The maximum absolute atomic E-state index is 12.6. The Labute approximate surface area is 241 Å². The summed E-state index contributed by atoms with van der Waals surface area (Å²) < 4.78 is 0. The van der Waals surface area contributed by atoms with Crippen LogP contribution in [0.3, 0.4) is 0 Å². The summed E-state index contributed by atoms with van der Waals surface area (Å²) in [5.74, 6) is 0.0276. The number of carbonyl (C=O) groups is 4. The molecule has 6 N–H and O–H groups in total. The highest BCUT2D eigenvalue weighted by molar-refractivity contribution is 7.98. The molecule has 0 aliphatic rings. The van der Waals surface area contributed by atoms with Crippen LogP contribution in [0.5, 0.6) is 0 Å². The van der Waals surface area contributed by atoms with Crippen molar-refractivity contribution in [3.63, 3.8) is 0 Å². The minimum Gasteiger partial charge on any atom is -0.481 e. The molecule has 0 spiro atoms. The van der Waals surface area contributed by atoms with Crippen molar-refractivity contribution in [1.82, 2.24) is 16.0 Å². The van der Waals surface area contributed by atoms with E-state index in [4.69, 9.17) is 10.8 Å². The lowest BCUT2D eigenvalue weighted by Gasteiger charge is -2.18. The van der Waals surface area contributed by atoms with Crippen LogP contribution in [0.1, 0.15) is 122 Å². The summed E-state index contributed by atoms with van der Waals surface area (Å²) in [5.41, 5.74) is 5.50. The number of amides is 3. The number of nitrogens with one attached hydrogen (secondary N) is 3. The second-order valence-corrected chi connectivity index (χ2v) is 11.3. The molecule has 0 aromatic heterocycles. The number of nitrogens with two attached hydrogens (primary N) is 1. The van der Waals surface area contributed by atoms with Gasteiger partial charge in [-0.2, -0.15) is 11.8 Å². The predicted molar refractivity (Wildman–Crippen MR) is 161 cm³/mol. The van der Waals surface area contributed by atoms with Gasteiger partial charge >= 0.3 is 5.97 Å². The Morgan fingerprint density at radius 2 is 1.15 bits per heavy atom. The zero-order valence-corrected chi connectivity index (χ0v) is 25.2. The first-order chi connectivity index (χ1) is 18.9. The van der Waals surface area contributed by atoms with Gasteiger partial charge in [-0.15, -0.1) is 0 Å². The molecule has 3 amide bonds. The monoisotopic (exact) mass is 572 g/mol. The zero-order chi connectivity index (χ0) is 29.0. The van der Waals surface area contributed by atoms with Crippen LogP contribution in [0.4, 0.5) is 0 Å². The van der Waals surface area contributed by atoms with Crippen LogP contribution in [0.15, 0.2) is 0 Å². The summed E-state index contributed by atoms with van der Waals surface area (Å²) in [5, 5.41) is 17.5. The standard InChI is InChI=1S/C29H56N4O5S/c1-39-24-20-25(33-27(35)18-12-5-2-8-14-21-30)29(38)32-23-16-10-3-6-11-17-26(34)31-22-15-9-4-7-13-19-28(36)37/h25H,2-24,30H2,1H3,(H,31,34)(H,32,38)(H,33,35)(H,36,37)/t25-/m0/s1. The molecule has 0 aliphatic carbocycles. The molecule has 228 valence electrons. The van der Waals surface area contributed by atoms with Gasteiger partial charge in [0, 0.05) is 32.4 Å². The van der Waals surface area contributed by atoms with Gasteiger partial charge in [0.1, 0.15) is 6.04 Å². The summed E-state index contributed by atoms with van der Waals surface area (Å²) >= 11 is 1.67. The first-order valence-corrected chi connectivity index (χ1v) is 16.5. The number of thioether (sulfide) groups is 1. The lowest BCUT2D eigenvalue weighted by atomic mass is 10.1. The van der Waals surface area contributed by atoms with Crippen LogP contribution in [0, 0.1) is 0 Å². The molecule has 9 nitrogen and oxygen atoms in total. The number of hydrogen-bond acceptors (Lipinski definition) is 6. The Hall–Kier alpha value is -1.81. The number of rotatable bonds is 28. The summed E-state index contributed by atoms with van der Waals surface area (Å²) in [6, 6.07) is -0.474. The number of unbranched alkanes of at least 4 members (excludes halogenated alkanes) is 12. The Bertz CT molecular complexity index is 651. The average molecular weight is 573 g/mol. The lowest BCUT2D eigenvalue weighted by Crippen LogP contribution is -2.47. The summed E-state index contributed by atoms with van der Waals surface area (Å²) in [7, 11) is 0. The van der Waals surface area contributed by atoms with Crippen LogP contribution >= 0.6 is 11.8 Å². The molecule has 0 saturated heterocycles. The van der Waals surface area contributed by atoms with E-state index in [0.29, 0.717) is 38.9 Å². The van der Waals surface area contributed by atoms with E-state index in [9.17, 15) is 19.2 Å². The van der Waals surface area contributed by atoms with Crippen molar-refractivity contribution < 1.29 is 24.3 Å². The quantitative estimate of drug-likeness (QED) is 0.0865. The predicted octanol–water partition coefficient (Wildman–Crippen LogP) is 4.52. The molecule has 0 fully saturated rings. The van der Waals surface area contributed by atoms with E-state index in [0.717, 1.165) is 102 Å². The highest BCUT2D eigenvalue weighted by Gasteiger charge is 2.19. The first kappa shape index (κ1) is 37.2. The normalized spacial score (nSPS) is 11.6. The fourth-order valence-corrected chi connectivity index (χ4v) is 4.73. The first-order valence-electron chi connectivity index (χ1n) is 15.1. The Morgan fingerprint density at radius 1 is 0.667 bits per heavy atom. The highest BCUT2D eigenvalue weighted by Crippen LogP contribution is 2.08. The van der Waals surface area contributed by atoms with Crippen molar-refractivity contribution in [3.8, 4) is 0 Å². The van der Waals surface area contributed by atoms with Gasteiger partial charge in [-0.3, -0.25) is 19.2 Å². The van der Waals surface area contributed by atoms with Gasteiger partial charge in [-0.1, -0.05) is 57.8 Å². The van der Waals surface area contributed by atoms with E-state index >= 15 is 0 Å². The Balaban J connectivity index is 3.80. The summed E-state index contributed by atoms with van der Waals surface area (Å²) in [6.45, 7) is 2.00. The average Bonchev–Trinajstić information content (AvgIpc) is 2.91. The van der Waals surface area contributed by atoms with Crippen molar-refractivity contribution in [2.24, 2.45) is 5.73 Å². The van der Waals surface area contributed by atoms with E-state index in [1.807, 2.05) is 6.26 Å². The molecule has 0 rings (SSSR count). The molecule has 0 heterocycles. The van der Waals surface area contributed by atoms with Crippen molar-refractivity contribution in [2.45, 2.75) is 128 Å². The van der Waals surface area contributed by atoms with E-state index < -0.39 is 12.0 Å². The van der Waals surface area contributed by atoms with Crippen molar-refractivity contribution in [3.05, 3.63) is 0 Å². The van der Waals surface area contributed by atoms with E-state index in [1.54, 1.807) is 11.8 Å². The molecular weight excluding hydrogens is 516 g/mol. The Kier molecular flexibility index (Phi) is 26.5. The molecule has 39 heavy (non-hydrogen) atoms. The van der Waals surface area contributed by atoms with Crippen LogP contribution < -0.4 is 21.7 Å². The van der Waals surface area contributed by atoms with Crippen LogP contribution in [-0.2, 0) is 19.2 Å². The molecule has 0 aromatic rings. The molecular formula is C29H56N4O5S. The van der Waals surface area contributed by atoms with Crippen molar-refractivity contribution in [1.29, 1.82) is 0 Å². The third-order valence-electron chi connectivity index (χ3n) is 6.64. The summed E-state index contributed by atoms with van der Waals surface area (Å²) in [6.07, 6.45) is 18.3. The van der Waals surface area contributed by atoms with Gasteiger partial charge < -0.3 is 26.8 Å². The van der Waals surface area contributed by atoms with Crippen molar-refractivity contribution in [2.75, 3.05) is 31.6 Å². The zero-order valence-electron chi connectivity index (χ0n) is 24.4. The van der Waals surface area contributed by atoms with Gasteiger partial charge in [0.2, 0.25) is 17.7 Å². The van der Waals surface area contributed by atoms with Crippen molar-refractivity contribution >= 4 is 35.5 Å². The van der Waals surface area contributed by atoms with E-state index in [-0.39, 0.29) is 24.1 Å². The number of hydrogen-bond donors (Lipinski definition) is 5. The van der Waals surface area contributed by atoms with Crippen LogP contribution in [0.25, 0.3) is 0 Å². The second kappa shape index (κ2) is 27.7. The third-order valence-corrected chi connectivity index (χ3v) is 7.28. The van der Waals surface area contributed by atoms with Crippen LogP contribution in [0.2, 0.25) is 0 Å². The second-order valence-electron chi connectivity index (χ2n) is 10.3. The molecule has 0 bridgehead atoms. The smallest absolute Gasteiger partial charge is 0.303 e. The maximum atomic E-state index is 12.6. The van der Waals surface area contributed by atoms with Gasteiger partial charge in [0.15, 0.2) is 0 Å². The largest absolute Gasteiger partial charge is 0.481 e. The molecule has 0 saturated carbocycles. The SMILES string of the molecule is CSCC[C@H](NC(=O)CCCCCCCN)C(=O)NCCCCCCCC(=O)NCCCCCCCC(=O)O. The van der Waals surface area contributed by atoms with Gasteiger partial charge in [0.05, 0.1) is 0 Å². The minimum absolute atomic E-state index is 0.0490. The fourth-order valence-electron chi connectivity index (χ4n) is 4.25. The molecule has 0 radical (unpaired) electrons. The topological polar surface area (TPSA) is 151 Å². The minimum atomic E-state index is -0.738. The van der Waals surface area contributed by atoms with E-state index in [2.05, 4.69) is 16.0 Å². The fraction of sp³-hybridized carbons (Fsp3) is 0.862. The molecule has 0 unspecified atom stereocenters. The van der Waals surface area contributed by atoms with E-state index in [1.165, 1.54) is 0 Å². The summed E-state index contributed by atoms with van der Waals surface area (Å²) in [4.78, 5) is 47.3. The third kappa shape index (κ3) is 26.2. The molecule has 10 heteroatoms.